The summed E-state index contributed by atoms with van der Waals surface area (Å²) in [7, 11) is 0. The van der Waals surface area contributed by atoms with E-state index in [9.17, 15) is 9.59 Å². The molecule has 3 heterocycles. The number of furan rings is 1. The smallest absolute Gasteiger partial charge is 0.336 e. The maximum Gasteiger partial charge on any atom is 0.336 e. The molecule has 4 rings (SSSR count). The van der Waals surface area contributed by atoms with E-state index in [1.54, 1.807) is 11.3 Å². The SMILES string of the molecule is CC1=C(C(=O)OCC(C)C)[C@H](c2ccc(C)o2)C2=C(C[C@@H](c3cccs3)CC2=O)N1. The number of thiophene rings is 1. The van der Waals surface area contributed by atoms with Crippen LogP contribution in [-0.2, 0) is 14.3 Å². The third kappa shape index (κ3) is 3.88. The first kappa shape index (κ1) is 20.7. The molecule has 0 bridgehead atoms. The lowest BCUT2D eigenvalue weighted by atomic mass is 9.74. The fraction of sp³-hybridized carbons (Fsp3) is 0.417. The Morgan fingerprint density at radius 2 is 2.07 bits per heavy atom. The second kappa shape index (κ2) is 8.26. The fourth-order valence-corrected chi connectivity index (χ4v) is 5.08. The first-order chi connectivity index (χ1) is 14.3. The summed E-state index contributed by atoms with van der Waals surface area (Å²) in [5, 5.41) is 5.41. The molecular formula is C24H27NO4S. The molecule has 6 heteroatoms. The van der Waals surface area contributed by atoms with Gasteiger partial charge in [-0.15, -0.1) is 11.3 Å². The minimum Gasteiger partial charge on any atom is -0.465 e. The summed E-state index contributed by atoms with van der Waals surface area (Å²) in [5.41, 5.74) is 2.72. The van der Waals surface area contributed by atoms with Crippen LogP contribution in [0, 0.1) is 12.8 Å². The van der Waals surface area contributed by atoms with Gasteiger partial charge in [-0.1, -0.05) is 19.9 Å². The molecule has 0 amide bonds. The van der Waals surface area contributed by atoms with Gasteiger partial charge in [-0.2, -0.15) is 0 Å². The maximum atomic E-state index is 13.4. The van der Waals surface area contributed by atoms with Crippen molar-refractivity contribution in [2.75, 3.05) is 6.61 Å². The Hall–Kier alpha value is -2.60. The lowest BCUT2D eigenvalue weighted by Gasteiger charge is -2.35. The van der Waals surface area contributed by atoms with E-state index in [0.29, 0.717) is 29.9 Å². The maximum absolute atomic E-state index is 13.4. The predicted octanol–water partition coefficient (Wildman–Crippen LogP) is 5.21. The Balaban J connectivity index is 1.75. The van der Waals surface area contributed by atoms with Crippen molar-refractivity contribution >= 4 is 23.1 Å². The number of carbonyl (C=O) groups excluding carboxylic acids is 2. The summed E-state index contributed by atoms with van der Waals surface area (Å²) in [4.78, 5) is 27.6. The topological polar surface area (TPSA) is 68.5 Å². The van der Waals surface area contributed by atoms with E-state index < -0.39 is 11.9 Å². The van der Waals surface area contributed by atoms with Gasteiger partial charge in [-0.3, -0.25) is 4.79 Å². The molecule has 2 aromatic heterocycles. The molecule has 2 atom stereocenters. The van der Waals surface area contributed by atoms with Gasteiger partial charge in [-0.25, -0.2) is 4.79 Å². The van der Waals surface area contributed by atoms with Crippen LogP contribution in [-0.4, -0.2) is 18.4 Å². The van der Waals surface area contributed by atoms with Crippen LogP contribution < -0.4 is 5.32 Å². The van der Waals surface area contributed by atoms with Crippen molar-refractivity contribution in [2.45, 2.75) is 52.4 Å². The fourth-order valence-electron chi connectivity index (χ4n) is 4.25. The number of dihydropyridines is 1. The molecule has 0 saturated heterocycles. The number of hydrogen-bond acceptors (Lipinski definition) is 6. The zero-order valence-electron chi connectivity index (χ0n) is 17.8. The third-order valence-corrected chi connectivity index (χ3v) is 6.62. The number of hydrogen-bond donors (Lipinski definition) is 1. The van der Waals surface area contributed by atoms with Crippen molar-refractivity contribution in [1.82, 2.24) is 5.32 Å². The molecule has 1 aliphatic heterocycles. The number of rotatable bonds is 5. The molecule has 5 nitrogen and oxygen atoms in total. The van der Waals surface area contributed by atoms with Crippen LogP contribution in [0.5, 0.6) is 0 Å². The molecule has 1 aliphatic carbocycles. The number of Topliss-reactive ketones (excluding diaryl/α,β-unsaturated/α-hetero) is 1. The van der Waals surface area contributed by atoms with Crippen LogP contribution >= 0.6 is 11.3 Å². The highest BCUT2D eigenvalue weighted by molar-refractivity contribution is 7.10. The quantitative estimate of drug-likeness (QED) is 0.666. The van der Waals surface area contributed by atoms with Gasteiger partial charge in [0.25, 0.3) is 0 Å². The first-order valence-corrected chi connectivity index (χ1v) is 11.2. The van der Waals surface area contributed by atoms with Crippen LogP contribution in [0.4, 0.5) is 0 Å². The molecule has 0 saturated carbocycles. The van der Waals surface area contributed by atoms with Gasteiger partial charge < -0.3 is 14.5 Å². The Morgan fingerprint density at radius 1 is 1.27 bits per heavy atom. The third-order valence-electron chi connectivity index (χ3n) is 5.59. The minimum absolute atomic E-state index is 0.0582. The Labute approximate surface area is 180 Å². The molecule has 2 aliphatic rings. The van der Waals surface area contributed by atoms with Crippen molar-refractivity contribution in [3.8, 4) is 0 Å². The standard InChI is InChI=1S/C24H27NO4S/c1-13(2)12-28-24(27)21-15(4)25-17-10-16(20-6-5-9-30-20)11-18(26)22(17)23(21)19-8-7-14(3)29-19/h5-9,13,16,23,25H,10-12H2,1-4H3/t16-,23+/m1/s1. The van der Waals surface area contributed by atoms with E-state index in [1.165, 1.54) is 4.88 Å². The van der Waals surface area contributed by atoms with Crippen LogP contribution in [0.25, 0.3) is 0 Å². The lowest BCUT2D eigenvalue weighted by Crippen LogP contribution is -2.36. The highest BCUT2D eigenvalue weighted by Crippen LogP contribution is 2.46. The van der Waals surface area contributed by atoms with Gasteiger partial charge >= 0.3 is 5.97 Å². The lowest BCUT2D eigenvalue weighted by molar-refractivity contribution is -0.140. The molecular weight excluding hydrogens is 398 g/mol. The van der Waals surface area contributed by atoms with Gasteiger partial charge in [0.15, 0.2) is 5.78 Å². The van der Waals surface area contributed by atoms with Gasteiger partial charge in [-0.05, 0) is 49.8 Å². The van der Waals surface area contributed by atoms with Crippen molar-refractivity contribution in [3.05, 3.63) is 68.6 Å². The van der Waals surface area contributed by atoms with Crippen molar-refractivity contribution in [2.24, 2.45) is 5.92 Å². The number of nitrogens with one attached hydrogen (secondary N) is 1. The zero-order chi connectivity index (χ0) is 21.4. The molecule has 30 heavy (non-hydrogen) atoms. The number of ether oxygens (including phenoxy) is 1. The summed E-state index contributed by atoms with van der Waals surface area (Å²) < 4.78 is 11.5. The van der Waals surface area contributed by atoms with Gasteiger partial charge in [0.2, 0.25) is 0 Å². The van der Waals surface area contributed by atoms with E-state index in [1.807, 2.05) is 51.3 Å². The largest absolute Gasteiger partial charge is 0.465 e. The van der Waals surface area contributed by atoms with Gasteiger partial charge in [0, 0.05) is 34.2 Å². The van der Waals surface area contributed by atoms with E-state index in [2.05, 4.69) is 11.4 Å². The van der Waals surface area contributed by atoms with Gasteiger partial charge in [0.1, 0.15) is 11.5 Å². The van der Waals surface area contributed by atoms with Crippen LogP contribution in [0.15, 0.2) is 56.6 Å². The second-order valence-electron chi connectivity index (χ2n) is 8.47. The molecule has 2 aromatic rings. The number of esters is 1. The average molecular weight is 426 g/mol. The first-order valence-electron chi connectivity index (χ1n) is 10.4. The number of ketones is 1. The van der Waals surface area contributed by atoms with Crippen molar-refractivity contribution in [1.29, 1.82) is 0 Å². The number of aryl methyl sites for hydroxylation is 1. The highest BCUT2D eigenvalue weighted by Gasteiger charge is 2.43. The summed E-state index contributed by atoms with van der Waals surface area (Å²) >= 11 is 1.68. The normalized spacial score (nSPS) is 21.7. The van der Waals surface area contributed by atoms with Gasteiger partial charge in [0.05, 0.1) is 18.1 Å². The summed E-state index contributed by atoms with van der Waals surface area (Å²) in [6.45, 7) is 8.06. The van der Waals surface area contributed by atoms with Crippen LogP contribution in [0.1, 0.15) is 61.8 Å². The van der Waals surface area contributed by atoms with E-state index in [4.69, 9.17) is 9.15 Å². The van der Waals surface area contributed by atoms with Crippen LogP contribution in [0.3, 0.4) is 0 Å². The van der Waals surface area contributed by atoms with E-state index in [0.717, 1.165) is 23.6 Å². The average Bonchev–Trinajstić information content (AvgIpc) is 3.36. The van der Waals surface area contributed by atoms with Crippen molar-refractivity contribution < 1.29 is 18.7 Å². The zero-order valence-corrected chi connectivity index (χ0v) is 18.6. The Kier molecular flexibility index (Phi) is 5.69. The highest BCUT2D eigenvalue weighted by atomic mass is 32.1. The number of carbonyl (C=O) groups is 2. The van der Waals surface area contributed by atoms with E-state index in [-0.39, 0.29) is 17.6 Å². The Morgan fingerprint density at radius 3 is 2.70 bits per heavy atom. The molecule has 158 valence electrons. The molecule has 0 unspecified atom stereocenters. The molecule has 0 spiro atoms. The van der Waals surface area contributed by atoms with Crippen molar-refractivity contribution in [3.63, 3.8) is 0 Å². The van der Waals surface area contributed by atoms with E-state index >= 15 is 0 Å². The predicted molar refractivity (Wildman–Crippen MR) is 116 cm³/mol. The monoisotopic (exact) mass is 425 g/mol. The summed E-state index contributed by atoms with van der Waals surface area (Å²) in [6.07, 6.45) is 1.17. The summed E-state index contributed by atoms with van der Waals surface area (Å²) in [6, 6.07) is 7.83. The second-order valence-corrected chi connectivity index (χ2v) is 9.45. The Bertz CT molecular complexity index is 1030. The minimum atomic E-state index is -0.536. The van der Waals surface area contributed by atoms with Crippen LogP contribution in [0.2, 0.25) is 0 Å². The molecule has 1 N–H and O–H groups in total. The molecule has 0 radical (unpaired) electrons. The molecule has 0 fully saturated rings. The summed E-state index contributed by atoms with van der Waals surface area (Å²) in [5.74, 6) is 0.873. The number of allylic oxidation sites excluding steroid dienone is 3. The molecule has 0 aromatic carbocycles.